The molecule has 20 heavy (non-hydrogen) atoms. The molecule has 1 saturated carbocycles. The second-order valence-electron chi connectivity index (χ2n) is 5.68. The number of alkyl halides is 1. The fourth-order valence-electron chi connectivity index (χ4n) is 2.56. The minimum absolute atomic E-state index is 0.0847. The van der Waals surface area contributed by atoms with Gasteiger partial charge in [0.05, 0.1) is 10.6 Å². The summed E-state index contributed by atoms with van der Waals surface area (Å²) in [5.74, 6) is 1.10. The Hall–Kier alpha value is -0.0000000000000000555. The van der Waals surface area contributed by atoms with Crippen LogP contribution in [0.5, 0.6) is 0 Å². The Balaban J connectivity index is 2.11. The molecule has 0 bridgehead atoms. The van der Waals surface area contributed by atoms with Crippen LogP contribution >= 0.6 is 45.8 Å². The molecule has 1 aromatic carbocycles. The molecule has 0 saturated heterocycles. The molecule has 1 aromatic rings. The van der Waals surface area contributed by atoms with Gasteiger partial charge in [-0.1, -0.05) is 18.5 Å². The van der Waals surface area contributed by atoms with Crippen LogP contribution in [0, 0.1) is 9.49 Å². The number of carbonyl (C=O) groups is 1. The van der Waals surface area contributed by atoms with E-state index in [1.807, 2.05) is 6.07 Å². The van der Waals surface area contributed by atoms with Crippen LogP contribution in [0.15, 0.2) is 18.2 Å². The van der Waals surface area contributed by atoms with Crippen molar-refractivity contribution >= 4 is 51.7 Å². The Bertz CT molecular complexity index is 499. The Kier molecular flexibility index (Phi) is 5.60. The summed E-state index contributed by atoms with van der Waals surface area (Å²) in [7, 11) is 0. The van der Waals surface area contributed by atoms with Crippen LogP contribution in [0.4, 0.5) is 0 Å². The van der Waals surface area contributed by atoms with Crippen LogP contribution in [0.3, 0.4) is 0 Å². The van der Waals surface area contributed by atoms with E-state index in [1.54, 1.807) is 12.1 Å². The molecule has 110 valence electrons. The zero-order valence-electron chi connectivity index (χ0n) is 11.4. The molecular formula is C15H18Cl2INO. The highest BCUT2D eigenvalue weighted by Gasteiger charge is 2.35. The van der Waals surface area contributed by atoms with Gasteiger partial charge in [0.2, 0.25) is 0 Å². The lowest BCUT2D eigenvalue weighted by atomic mass is 9.78. The summed E-state index contributed by atoms with van der Waals surface area (Å²) in [6.07, 6.45) is 4.11. The van der Waals surface area contributed by atoms with E-state index in [1.165, 1.54) is 0 Å². The van der Waals surface area contributed by atoms with E-state index in [9.17, 15) is 4.79 Å². The normalized spacial score (nSPS) is 26.3. The summed E-state index contributed by atoms with van der Waals surface area (Å²) in [5, 5.41) is 3.74. The molecule has 2 rings (SSSR count). The fraction of sp³-hybridized carbons (Fsp3) is 0.533. The Morgan fingerprint density at radius 2 is 2.10 bits per heavy atom. The van der Waals surface area contributed by atoms with Crippen molar-refractivity contribution in [3.63, 3.8) is 0 Å². The molecular weight excluding hydrogens is 408 g/mol. The van der Waals surface area contributed by atoms with Crippen molar-refractivity contribution in [3.05, 3.63) is 32.4 Å². The molecule has 0 unspecified atom stereocenters. The highest BCUT2D eigenvalue weighted by molar-refractivity contribution is 14.1. The second kappa shape index (κ2) is 6.84. The number of amides is 1. The third-order valence-corrected chi connectivity index (χ3v) is 6.13. The molecule has 0 aliphatic heterocycles. The first-order valence-electron chi connectivity index (χ1n) is 6.79. The molecule has 1 aliphatic rings. The van der Waals surface area contributed by atoms with Crippen molar-refractivity contribution in [1.29, 1.82) is 0 Å². The van der Waals surface area contributed by atoms with Crippen molar-refractivity contribution in [2.45, 2.75) is 38.1 Å². The summed E-state index contributed by atoms with van der Waals surface area (Å²) in [6, 6.07) is 5.37. The molecule has 5 heteroatoms. The van der Waals surface area contributed by atoms with E-state index in [0.717, 1.165) is 35.2 Å². The minimum Gasteiger partial charge on any atom is -0.345 e. The second-order valence-corrected chi connectivity index (χ2v) is 7.52. The van der Waals surface area contributed by atoms with Gasteiger partial charge in [0.15, 0.2) is 0 Å². The van der Waals surface area contributed by atoms with Crippen LogP contribution in [0.2, 0.25) is 5.02 Å². The molecule has 1 aliphatic carbocycles. The van der Waals surface area contributed by atoms with Gasteiger partial charge in [-0.25, -0.2) is 0 Å². The average molecular weight is 426 g/mol. The smallest absolute Gasteiger partial charge is 0.251 e. The van der Waals surface area contributed by atoms with Crippen LogP contribution < -0.4 is 5.32 Å². The molecule has 1 N–H and O–H groups in total. The van der Waals surface area contributed by atoms with Gasteiger partial charge in [-0.2, -0.15) is 0 Å². The standard InChI is InChI=1S/C15H18Cl2INO/c1-10-4-6-15(9-16,7-5-10)19-14(20)11-2-3-13(18)12(17)8-11/h2-3,8,10H,4-7,9H2,1H3,(H,19,20). The number of halogens is 3. The van der Waals surface area contributed by atoms with Gasteiger partial charge in [-0.05, 0) is 72.4 Å². The van der Waals surface area contributed by atoms with Crippen molar-refractivity contribution in [2.75, 3.05) is 5.88 Å². The van der Waals surface area contributed by atoms with Crippen molar-refractivity contribution in [3.8, 4) is 0 Å². The predicted octanol–water partition coefficient (Wildman–Crippen LogP) is 4.86. The zero-order chi connectivity index (χ0) is 14.8. The topological polar surface area (TPSA) is 29.1 Å². The SMILES string of the molecule is CC1CCC(CCl)(NC(=O)c2ccc(I)c(Cl)c2)CC1. The highest BCUT2D eigenvalue weighted by atomic mass is 127. The maximum atomic E-state index is 12.4. The molecule has 0 aromatic heterocycles. The highest BCUT2D eigenvalue weighted by Crippen LogP contribution is 2.33. The van der Waals surface area contributed by atoms with E-state index in [-0.39, 0.29) is 11.4 Å². The van der Waals surface area contributed by atoms with E-state index in [4.69, 9.17) is 23.2 Å². The number of rotatable bonds is 3. The van der Waals surface area contributed by atoms with Gasteiger partial charge in [0.25, 0.3) is 5.91 Å². The molecule has 0 radical (unpaired) electrons. The summed E-state index contributed by atoms with van der Waals surface area (Å²) in [6.45, 7) is 2.25. The summed E-state index contributed by atoms with van der Waals surface area (Å²) in [4.78, 5) is 12.4. The summed E-state index contributed by atoms with van der Waals surface area (Å²) >= 11 is 14.4. The van der Waals surface area contributed by atoms with Crippen LogP contribution in [0.25, 0.3) is 0 Å². The van der Waals surface area contributed by atoms with Gasteiger partial charge in [0, 0.05) is 15.0 Å². The zero-order valence-corrected chi connectivity index (χ0v) is 15.1. The number of hydrogen-bond acceptors (Lipinski definition) is 1. The molecule has 1 fully saturated rings. The maximum absolute atomic E-state index is 12.4. The lowest BCUT2D eigenvalue weighted by Crippen LogP contribution is -2.52. The molecule has 0 atom stereocenters. The number of nitrogens with one attached hydrogen (secondary N) is 1. The van der Waals surface area contributed by atoms with E-state index in [2.05, 4.69) is 34.8 Å². The van der Waals surface area contributed by atoms with Crippen molar-refractivity contribution in [2.24, 2.45) is 5.92 Å². The van der Waals surface area contributed by atoms with E-state index < -0.39 is 0 Å². The maximum Gasteiger partial charge on any atom is 0.251 e. The molecule has 2 nitrogen and oxygen atoms in total. The first kappa shape index (κ1) is 16.4. The van der Waals surface area contributed by atoms with Gasteiger partial charge in [-0.3, -0.25) is 4.79 Å². The van der Waals surface area contributed by atoms with Gasteiger partial charge >= 0.3 is 0 Å². The van der Waals surface area contributed by atoms with Gasteiger partial charge in [0.1, 0.15) is 0 Å². The fourth-order valence-corrected chi connectivity index (χ4v) is 3.41. The lowest BCUT2D eigenvalue weighted by Gasteiger charge is -2.38. The van der Waals surface area contributed by atoms with Crippen LogP contribution in [-0.4, -0.2) is 17.3 Å². The summed E-state index contributed by atoms with van der Waals surface area (Å²) in [5.41, 5.74) is 0.333. The number of benzene rings is 1. The van der Waals surface area contributed by atoms with Gasteiger partial charge < -0.3 is 5.32 Å². The van der Waals surface area contributed by atoms with E-state index in [0.29, 0.717) is 16.5 Å². The Morgan fingerprint density at radius 1 is 1.45 bits per heavy atom. The third-order valence-electron chi connectivity index (χ3n) is 4.05. The van der Waals surface area contributed by atoms with Crippen LogP contribution in [0.1, 0.15) is 43.0 Å². The molecule has 1 amide bonds. The quantitative estimate of drug-likeness (QED) is 0.543. The monoisotopic (exact) mass is 425 g/mol. The first-order chi connectivity index (χ1) is 9.46. The largest absolute Gasteiger partial charge is 0.345 e. The average Bonchev–Trinajstić information content (AvgIpc) is 2.44. The predicted molar refractivity (Wildman–Crippen MR) is 92.7 cm³/mol. The number of carbonyl (C=O) groups excluding carboxylic acids is 1. The molecule has 0 spiro atoms. The first-order valence-corrected chi connectivity index (χ1v) is 8.78. The summed E-state index contributed by atoms with van der Waals surface area (Å²) < 4.78 is 0.944. The number of hydrogen-bond donors (Lipinski definition) is 1. The Morgan fingerprint density at radius 3 is 2.65 bits per heavy atom. The van der Waals surface area contributed by atoms with Gasteiger partial charge in [-0.15, -0.1) is 11.6 Å². The minimum atomic E-state index is -0.263. The molecule has 0 heterocycles. The third kappa shape index (κ3) is 3.80. The Labute approximate surface area is 143 Å². The van der Waals surface area contributed by atoms with Crippen molar-refractivity contribution in [1.82, 2.24) is 5.32 Å². The van der Waals surface area contributed by atoms with E-state index >= 15 is 0 Å². The van der Waals surface area contributed by atoms with Crippen LogP contribution in [-0.2, 0) is 0 Å². The lowest BCUT2D eigenvalue weighted by molar-refractivity contribution is 0.0872. The van der Waals surface area contributed by atoms with Crippen molar-refractivity contribution < 1.29 is 4.79 Å².